The Morgan fingerprint density at radius 3 is 2.65 bits per heavy atom. The van der Waals surface area contributed by atoms with Crippen molar-refractivity contribution in [2.75, 3.05) is 11.9 Å². The zero-order valence-electron chi connectivity index (χ0n) is 11.2. The second-order valence-electron chi connectivity index (χ2n) is 4.63. The summed E-state index contributed by atoms with van der Waals surface area (Å²) in [5.74, 6) is 0. The van der Waals surface area contributed by atoms with E-state index >= 15 is 0 Å². The molecule has 94 valence electrons. The molecule has 0 aromatic heterocycles. The van der Waals surface area contributed by atoms with Crippen LogP contribution in [0, 0.1) is 6.92 Å². The Hall–Kier alpha value is -1.09. The molecule has 0 amide bonds. The van der Waals surface area contributed by atoms with Crippen LogP contribution in [-0.4, -0.2) is 18.1 Å². The first-order valence-corrected chi connectivity index (χ1v) is 6.51. The van der Waals surface area contributed by atoms with Crippen LogP contribution < -0.4 is 10.6 Å². The summed E-state index contributed by atoms with van der Waals surface area (Å²) >= 11 is 5.11. The van der Waals surface area contributed by atoms with Gasteiger partial charge in [-0.1, -0.05) is 31.6 Å². The lowest BCUT2D eigenvalue weighted by Crippen LogP contribution is -2.30. The van der Waals surface area contributed by atoms with Gasteiger partial charge in [-0.2, -0.15) is 0 Å². The van der Waals surface area contributed by atoms with E-state index < -0.39 is 0 Å². The van der Waals surface area contributed by atoms with Crippen LogP contribution >= 0.6 is 12.2 Å². The van der Waals surface area contributed by atoms with Crippen LogP contribution in [-0.2, 0) is 0 Å². The lowest BCUT2D eigenvalue weighted by Gasteiger charge is -2.29. The van der Waals surface area contributed by atoms with Crippen LogP contribution in [0.3, 0.4) is 0 Å². The van der Waals surface area contributed by atoms with E-state index in [-0.39, 0.29) is 0 Å². The minimum atomic E-state index is 0.468. The highest BCUT2D eigenvalue weighted by molar-refractivity contribution is 7.80. The molecule has 0 aliphatic heterocycles. The molecular formula is C14H22N2S. The summed E-state index contributed by atoms with van der Waals surface area (Å²) < 4.78 is 0. The largest absolute Gasteiger partial charge is 0.389 e. The lowest BCUT2D eigenvalue weighted by molar-refractivity contribution is 0.616. The molecule has 1 atom stereocenters. The second-order valence-corrected chi connectivity index (χ2v) is 5.07. The van der Waals surface area contributed by atoms with Gasteiger partial charge in [0.05, 0.1) is 0 Å². The molecule has 2 nitrogen and oxygen atoms in total. The standard InChI is InChI=1S/C14H22N2S/c1-5-6-11(3)16(4)13-9-10(2)7-8-12(13)14(15)17/h7-9,11H,5-6H2,1-4H3,(H2,15,17). The second kappa shape index (κ2) is 6.01. The number of anilines is 1. The van der Waals surface area contributed by atoms with Crippen LogP contribution in [0.25, 0.3) is 0 Å². The first kappa shape index (κ1) is 14.0. The quantitative estimate of drug-likeness (QED) is 0.813. The molecule has 0 fully saturated rings. The van der Waals surface area contributed by atoms with E-state index in [0.29, 0.717) is 11.0 Å². The van der Waals surface area contributed by atoms with E-state index in [1.54, 1.807) is 0 Å². The van der Waals surface area contributed by atoms with Crippen molar-refractivity contribution in [3.8, 4) is 0 Å². The number of nitrogens with two attached hydrogens (primary N) is 1. The van der Waals surface area contributed by atoms with E-state index in [2.05, 4.69) is 44.9 Å². The summed E-state index contributed by atoms with van der Waals surface area (Å²) in [6.45, 7) is 6.52. The predicted octanol–water partition coefficient (Wildman–Crippen LogP) is 3.25. The van der Waals surface area contributed by atoms with Crippen molar-refractivity contribution in [1.29, 1.82) is 0 Å². The Bertz CT molecular complexity index is 401. The van der Waals surface area contributed by atoms with E-state index in [9.17, 15) is 0 Å². The van der Waals surface area contributed by atoms with Crippen LogP contribution in [0.5, 0.6) is 0 Å². The van der Waals surface area contributed by atoms with Crippen molar-refractivity contribution < 1.29 is 0 Å². The number of thiocarbonyl (C=S) groups is 1. The Labute approximate surface area is 110 Å². The fourth-order valence-corrected chi connectivity index (χ4v) is 2.16. The highest BCUT2D eigenvalue weighted by Crippen LogP contribution is 2.24. The van der Waals surface area contributed by atoms with Crippen LogP contribution in [0.2, 0.25) is 0 Å². The maximum atomic E-state index is 5.78. The van der Waals surface area contributed by atoms with Crippen LogP contribution in [0.1, 0.15) is 37.8 Å². The SMILES string of the molecule is CCCC(C)N(C)c1cc(C)ccc1C(N)=S. The summed E-state index contributed by atoms with van der Waals surface area (Å²) in [6.07, 6.45) is 2.35. The first-order valence-electron chi connectivity index (χ1n) is 6.10. The van der Waals surface area contributed by atoms with Crippen molar-refractivity contribution >= 4 is 22.9 Å². The molecular weight excluding hydrogens is 228 g/mol. The summed E-state index contributed by atoms with van der Waals surface area (Å²) in [6, 6.07) is 6.72. The molecule has 0 aliphatic carbocycles. The fraction of sp³-hybridized carbons (Fsp3) is 0.500. The Morgan fingerprint density at radius 2 is 2.12 bits per heavy atom. The van der Waals surface area contributed by atoms with E-state index in [4.69, 9.17) is 18.0 Å². The number of hydrogen-bond acceptors (Lipinski definition) is 2. The minimum Gasteiger partial charge on any atom is -0.389 e. The van der Waals surface area contributed by atoms with Crippen LogP contribution in [0.4, 0.5) is 5.69 Å². The Balaban J connectivity index is 3.10. The first-order chi connectivity index (χ1) is 7.97. The van der Waals surface area contributed by atoms with Gasteiger partial charge >= 0.3 is 0 Å². The number of aryl methyl sites for hydroxylation is 1. The third-order valence-corrected chi connectivity index (χ3v) is 3.39. The summed E-state index contributed by atoms with van der Waals surface area (Å²) in [5, 5.41) is 0. The van der Waals surface area contributed by atoms with Gasteiger partial charge in [-0.05, 0) is 38.0 Å². The monoisotopic (exact) mass is 250 g/mol. The average molecular weight is 250 g/mol. The minimum absolute atomic E-state index is 0.468. The summed E-state index contributed by atoms with van der Waals surface area (Å²) in [5.41, 5.74) is 9.12. The van der Waals surface area contributed by atoms with Gasteiger partial charge in [-0.15, -0.1) is 0 Å². The zero-order chi connectivity index (χ0) is 13.0. The topological polar surface area (TPSA) is 29.3 Å². The van der Waals surface area contributed by atoms with E-state index in [0.717, 1.165) is 11.3 Å². The smallest absolute Gasteiger partial charge is 0.106 e. The average Bonchev–Trinajstić information content (AvgIpc) is 2.27. The van der Waals surface area contributed by atoms with Gasteiger partial charge in [0.1, 0.15) is 4.99 Å². The lowest BCUT2D eigenvalue weighted by atomic mass is 10.1. The van der Waals surface area contributed by atoms with Gasteiger partial charge in [0.25, 0.3) is 0 Å². The van der Waals surface area contributed by atoms with E-state index in [1.165, 1.54) is 18.4 Å². The van der Waals surface area contributed by atoms with Gasteiger partial charge in [-0.3, -0.25) is 0 Å². The van der Waals surface area contributed by atoms with Crippen molar-refractivity contribution in [1.82, 2.24) is 0 Å². The van der Waals surface area contributed by atoms with Gasteiger partial charge in [0.2, 0.25) is 0 Å². The molecule has 0 saturated carbocycles. The van der Waals surface area contributed by atoms with E-state index in [1.807, 2.05) is 6.07 Å². The fourth-order valence-electron chi connectivity index (χ4n) is 1.99. The molecule has 0 bridgehead atoms. The highest BCUT2D eigenvalue weighted by Gasteiger charge is 2.14. The molecule has 3 heteroatoms. The van der Waals surface area contributed by atoms with Crippen molar-refractivity contribution in [2.24, 2.45) is 5.73 Å². The molecule has 1 aromatic carbocycles. The number of nitrogens with zero attached hydrogens (tertiary/aromatic N) is 1. The van der Waals surface area contributed by atoms with Gasteiger partial charge in [-0.25, -0.2) is 0 Å². The molecule has 17 heavy (non-hydrogen) atoms. The maximum absolute atomic E-state index is 5.78. The third kappa shape index (κ3) is 3.43. The van der Waals surface area contributed by atoms with Crippen LogP contribution in [0.15, 0.2) is 18.2 Å². The Morgan fingerprint density at radius 1 is 1.47 bits per heavy atom. The number of benzene rings is 1. The molecule has 1 rings (SSSR count). The number of rotatable bonds is 5. The summed E-state index contributed by atoms with van der Waals surface area (Å²) in [4.78, 5) is 2.74. The summed E-state index contributed by atoms with van der Waals surface area (Å²) in [7, 11) is 2.11. The zero-order valence-corrected chi connectivity index (χ0v) is 12.0. The van der Waals surface area contributed by atoms with Crippen molar-refractivity contribution in [3.63, 3.8) is 0 Å². The molecule has 1 unspecified atom stereocenters. The molecule has 0 spiro atoms. The molecule has 0 aliphatic rings. The third-order valence-electron chi connectivity index (χ3n) is 3.17. The molecule has 0 heterocycles. The molecule has 2 N–H and O–H groups in total. The molecule has 0 radical (unpaired) electrons. The molecule has 0 saturated heterocycles. The van der Waals surface area contributed by atoms with Gasteiger partial charge < -0.3 is 10.6 Å². The van der Waals surface area contributed by atoms with Crippen molar-refractivity contribution in [3.05, 3.63) is 29.3 Å². The van der Waals surface area contributed by atoms with Gasteiger partial charge in [0.15, 0.2) is 0 Å². The predicted molar refractivity (Wildman–Crippen MR) is 79.8 cm³/mol. The Kier molecular flexibility index (Phi) is 4.94. The molecule has 1 aromatic rings. The normalized spacial score (nSPS) is 12.2. The highest BCUT2D eigenvalue weighted by atomic mass is 32.1. The maximum Gasteiger partial charge on any atom is 0.106 e. The van der Waals surface area contributed by atoms with Gasteiger partial charge in [0, 0.05) is 24.3 Å². The number of hydrogen-bond donors (Lipinski definition) is 1. The van der Waals surface area contributed by atoms with Crippen molar-refractivity contribution in [2.45, 2.75) is 39.7 Å².